The van der Waals surface area contributed by atoms with Gasteiger partial charge in [-0.2, -0.15) is 0 Å². The summed E-state index contributed by atoms with van der Waals surface area (Å²) in [4.78, 5) is 18.4. The molecule has 0 atom stereocenters. The molecule has 1 saturated carbocycles. The SMILES string of the molecule is CN=C(NCC(=O)N1CCc2ccccc2C1)NCC1CC1. The Kier molecular flexibility index (Phi) is 4.61. The number of nitrogens with one attached hydrogen (secondary N) is 2. The van der Waals surface area contributed by atoms with Crippen LogP contribution in [0.4, 0.5) is 0 Å². The van der Waals surface area contributed by atoms with Gasteiger partial charge in [-0.1, -0.05) is 24.3 Å². The van der Waals surface area contributed by atoms with Gasteiger partial charge < -0.3 is 15.5 Å². The van der Waals surface area contributed by atoms with Crippen LogP contribution in [0.15, 0.2) is 29.3 Å². The number of carbonyl (C=O) groups is 1. The van der Waals surface area contributed by atoms with Crippen LogP contribution in [-0.2, 0) is 17.8 Å². The highest BCUT2D eigenvalue weighted by Crippen LogP contribution is 2.27. The summed E-state index contributed by atoms with van der Waals surface area (Å²) in [6.45, 7) is 2.76. The number of hydrogen-bond acceptors (Lipinski definition) is 2. The van der Waals surface area contributed by atoms with Gasteiger partial charge in [-0.15, -0.1) is 0 Å². The molecule has 3 rings (SSSR count). The van der Waals surface area contributed by atoms with E-state index in [1.165, 1.54) is 24.0 Å². The number of rotatable bonds is 4. The van der Waals surface area contributed by atoms with Crippen LogP contribution in [0.3, 0.4) is 0 Å². The van der Waals surface area contributed by atoms with E-state index in [0.717, 1.165) is 31.4 Å². The Morgan fingerprint density at radius 3 is 2.77 bits per heavy atom. The summed E-state index contributed by atoms with van der Waals surface area (Å²) in [7, 11) is 1.74. The lowest BCUT2D eigenvalue weighted by Gasteiger charge is -2.29. The zero-order chi connectivity index (χ0) is 15.4. The van der Waals surface area contributed by atoms with Crippen LogP contribution in [0.25, 0.3) is 0 Å². The van der Waals surface area contributed by atoms with Gasteiger partial charge in [0.25, 0.3) is 0 Å². The number of fused-ring (bicyclic) bond motifs is 1. The van der Waals surface area contributed by atoms with E-state index in [-0.39, 0.29) is 5.91 Å². The standard InChI is InChI=1S/C17H24N4O/c1-18-17(19-10-13-6-7-13)20-11-16(22)21-9-8-14-4-2-3-5-15(14)12-21/h2-5,13H,6-12H2,1H3,(H2,18,19,20). The molecule has 1 heterocycles. The first-order valence-electron chi connectivity index (χ1n) is 8.05. The molecule has 1 aromatic rings. The summed E-state index contributed by atoms with van der Waals surface area (Å²) in [5.74, 6) is 1.63. The van der Waals surface area contributed by atoms with Crippen molar-refractivity contribution in [2.24, 2.45) is 10.9 Å². The van der Waals surface area contributed by atoms with Crippen molar-refractivity contribution in [2.75, 3.05) is 26.7 Å². The zero-order valence-corrected chi connectivity index (χ0v) is 13.1. The molecule has 1 aliphatic heterocycles. The van der Waals surface area contributed by atoms with Gasteiger partial charge in [0.1, 0.15) is 0 Å². The van der Waals surface area contributed by atoms with E-state index in [1.54, 1.807) is 7.05 Å². The molecule has 5 heteroatoms. The molecule has 0 aromatic heterocycles. The Hall–Kier alpha value is -2.04. The average molecular weight is 300 g/mol. The summed E-state index contributed by atoms with van der Waals surface area (Å²) in [5, 5.41) is 6.39. The van der Waals surface area contributed by atoms with Gasteiger partial charge in [0.15, 0.2) is 5.96 Å². The molecule has 2 aliphatic rings. The molecular weight excluding hydrogens is 276 g/mol. The van der Waals surface area contributed by atoms with Crippen LogP contribution >= 0.6 is 0 Å². The van der Waals surface area contributed by atoms with Crippen molar-refractivity contribution >= 4 is 11.9 Å². The number of nitrogens with zero attached hydrogens (tertiary/aromatic N) is 2. The molecular formula is C17H24N4O. The highest BCUT2D eigenvalue weighted by Gasteiger charge is 2.22. The van der Waals surface area contributed by atoms with E-state index in [4.69, 9.17) is 0 Å². The fourth-order valence-electron chi connectivity index (χ4n) is 2.76. The van der Waals surface area contributed by atoms with Gasteiger partial charge in [-0.05, 0) is 36.3 Å². The molecule has 0 radical (unpaired) electrons. The Morgan fingerprint density at radius 2 is 2.05 bits per heavy atom. The van der Waals surface area contributed by atoms with Gasteiger partial charge in [-0.3, -0.25) is 9.79 Å². The van der Waals surface area contributed by atoms with Crippen molar-refractivity contribution in [1.29, 1.82) is 0 Å². The van der Waals surface area contributed by atoms with E-state index < -0.39 is 0 Å². The van der Waals surface area contributed by atoms with Crippen LogP contribution < -0.4 is 10.6 Å². The predicted octanol–water partition coefficient (Wildman–Crippen LogP) is 1.15. The maximum atomic E-state index is 12.4. The molecule has 5 nitrogen and oxygen atoms in total. The third-order valence-electron chi connectivity index (χ3n) is 4.37. The number of aliphatic imine (C=N–C) groups is 1. The average Bonchev–Trinajstić information content (AvgIpc) is 3.38. The summed E-state index contributed by atoms with van der Waals surface area (Å²) in [6, 6.07) is 8.36. The molecule has 0 unspecified atom stereocenters. The van der Waals surface area contributed by atoms with Crippen molar-refractivity contribution < 1.29 is 4.79 Å². The van der Waals surface area contributed by atoms with Crippen molar-refractivity contribution in [3.8, 4) is 0 Å². The Balaban J connectivity index is 1.47. The summed E-state index contributed by atoms with van der Waals surface area (Å²) >= 11 is 0. The molecule has 0 bridgehead atoms. The first-order valence-corrected chi connectivity index (χ1v) is 8.05. The van der Waals surface area contributed by atoms with Gasteiger partial charge in [0.2, 0.25) is 5.91 Å². The van der Waals surface area contributed by atoms with Crippen molar-refractivity contribution in [2.45, 2.75) is 25.8 Å². The smallest absolute Gasteiger partial charge is 0.242 e. The first kappa shape index (κ1) is 14.9. The molecule has 1 amide bonds. The quantitative estimate of drug-likeness (QED) is 0.648. The van der Waals surface area contributed by atoms with E-state index >= 15 is 0 Å². The minimum Gasteiger partial charge on any atom is -0.356 e. The third-order valence-corrected chi connectivity index (χ3v) is 4.37. The third kappa shape index (κ3) is 3.78. The van der Waals surface area contributed by atoms with Gasteiger partial charge >= 0.3 is 0 Å². The summed E-state index contributed by atoms with van der Waals surface area (Å²) in [5.41, 5.74) is 2.62. The van der Waals surface area contributed by atoms with Crippen molar-refractivity contribution in [3.63, 3.8) is 0 Å². The normalized spacial score (nSPS) is 17.9. The lowest BCUT2D eigenvalue weighted by atomic mass is 10.00. The minimum atomic E-state index is 0.129. The molecule has 0 saturated heterocycles. The molecule has 118 valence electrons. The molecule has 22 heavy (non-hydrogen) atoms. The molecule has 2 N–H and O–H groups in total. The maximum absolute atomic E-state index is 12.4. The molecule has 0 spiro atoms. The summed E-state index contributed by atoms with van der Waals surface area (Å²) in [6.07, 6.45) is 3.54. The van der Waals surface area contributed by atoms with Crippen LogP contribution in [-0.4, -0.2) is 43.4 Å². The van der Waals surface area contributed by atoms with Gasteiger partial charge in [-0.25, -0.2) is 0 Å². The number of amides is 1. The number of guanidine groups is 1. The first-order chi connectivity index (χ1) is 10.8. The lowest BCUT2D eigenvalue weighted by molar-refractivity contribution is -0.130. The molecule has 1 aliphatic carbocycles. The zero-order valence-electron chi connectivity index (χ0n) is 13.1. The second-order valence-electron chi connectivity index (χ2n) is 6.08. The van der Waals surface area contributed by atoms with E-state index in [1.807, 2.05) is 11.0 Å². The number of benzene rings is 1. The highest BCUT2D eigenvalue weighted by molar-refractivity contribution is 5.86. The maximum Gasteiger partial charge on any atom is 0.242 e. The Bertz CT molecular complexity index is 566. The molecule has 1 fully saturated rings. The van der Waals surface area contributed by atoms with Gasteiger partial charge in [0.05, 0.1) is 6.54 Å². The number of carbonyl (C=O) groups excluding carboxylic acids is 1. The van der Waals surface area contributed by atoms with Crippen LogP contribution in [0.1, 0.15) is 24.0 Å². The highest BCUT2D eigenvalue weighted by atomic mass is 16.2. The van der Waals surface area contributed by atoms with Gasteiger partial charge in [0, 0.05) is 26.7 Å². The Morgan fingerprint density at radius 1 is 1.27 bits per heavy atom. The Labute approximate surface area is 131 Å². The minimum absolute atomic E-state index is 0.129. The second kappa shape index (κ2) is 6.81. The summed E-state index contributed by atoms with van der Waals surface area (Å²) < 4.78 is 0. The predicted molar refractivity (Wildman–Crippen MR) is 87.7 cm³/mol. The van der Waals surface area contributed by atoms with Crippen LogP contribution in [0.5, 0.6) is 0 Å². The monoisotopic (exact) mass is 300 g/mol. The fraction of sp³-hybridized carbons (Fsp3) is 0.529. The largest absolute Gasteiger partial charge is 0.356 e. The number of hydrogen-bond donors (Lipinski definition) is 2. The van der Waals surface area contributed by atoms with Crippen LogP contribution in [0.2, 0.25) is 0 Å². The fourth-order valence-corrected chi connectivity index (χ4v) is 2.76. The van der Waals surface area contributed by atoms with Crippen LogP contribution in [0, 0.1) is 5.92 Å². The van der Waals surface area contributed by atoms with E-state index in [0.29, 0.717) is 13.1 Å². The molecule has 1 aromatic carbocycles. The van der Waals surface area contributed by atoms with Crippen molar-refractivity contribution in [1.82, 2.24) is 15.5 Å². The topological polar surface area (TPSA) is 56.7 Å². The van der Waals surface area contributed by atoms with Crippen molar-refractivity contribution in [3.05, 3.63) is 35.4 Å². The lowest BCUT2D eigenvalue weighted by Crippen LogP contribution is -2.46. The van der Waals surface area contributed by atoms with E-state index in [9.17, 15) is 4.79 Å². The van der Waals surface area contributed by atoms with E-state index in [2.05, 4.69) is 33.8 Å². The second-order valence-corrected chi connectivity index (χ2v) is 6.08.